The summed E-state index contributed by atoms with van der Waals surface area (Å²) in [5.74, 6) is 0.783. The lowest BCUT2D eigenvalue weighted by Gasteiger charge is -2.25. The predicted molar refractivity (Wildman–Crippen MR) is 119 cm³/mol. The standard InChI is InChI=1S/C25H29N3O2/c29-24(19-8-9-19)26-21-10-11-22(23(16-21)27-13-4-5-14-27)25(30)28-15-12-20(17-28)18-6-2-1-3-7-18/h1-3,6-7,10-11,16,19-20H,4-5,8-9,12-15,17H2,(H,26,29)/t20-/m1/s1. The summed E-state index contributed by atoms with van der Waals surface area (Å²) in [5, 5.41) is 3.04. The van der Waals surface area contributed by atoms with Crippen molar-refractivity contribution < 1.29 is 9.59 Å². The van der Waals surface area contributed by atoms with Crippen LogP contribution in [0.25, 0.3) is 0 Å². The van der Waals surface area contributed by atoms with Crippen molar-refractivity contribution in [3.8, 4) is 0 Å². The van der Waals surface area contributed by atoms with Crippen LogP contribution in [0.15, 0.2) is 48.5 Å². The van der Waals surface area contributed by atoms with Gasteiger partial charge in [0.05, 0.1) is 11.3 Å². The Hall–Kier alpha value is -2.82. The molecule has 0 radical (unpaired) electrons. The molecule has 0 aromatic heterocycles. The van der Waals surface area contributed by atoms with Crippen molar-refractivity contribution in [2.24, 2.45) is 5.92 Å². The van der Waals surface area contributed by atoms with Crippen molar-refractivity contribution in [3.05, 3.63) is 59.7 Å². The van der Waals surface area contributed by atoms with Gasteiger partial charge in [0.2, 0.25) is 5.91 Å². The molecule has 1 N–H and O–H groups in total. The van der Waals surface area contributed by atoms with Crippen molar-refractivity contribution in [1.82, 2.24) is 4.90 Å². The minimum absolute atomic E-state index is 0.103. The van der Waals surface area contributed by atoms with Crippen molar-refractivity contribution >= 4 is 23.2 Å². The zero-order valence-electron chi connectivity index (χ0n) is 17.3. The number of hydrogen-bond donors (Lipinski definition) is 1. The van der Waals surface area contributed by atoms with Crippen LogP contribution in [0.3, 0.4) is 0 Å². The molecule has 0 spiro atoms. The number of rotatable bonds is 5. The first-order valence-electron chi connectivity index (χ1n) is 11.2. The number of amides is 2. The van der Waals surface area contributed by atoms with E-state index in [1.165, 1.54) is 5.56 Å². The van der Waals surface area contributed by atoms with E-state index in [9.17, 15) is 9.59 Å². The summed E-state index contributed by atoms with van der Waals surface area (Å²) < 4.78 is 0. The van der Waals surface area contributed by atoms with Crippen LogP contribution in [0.1, 0.15) is 53.9 Å². The fraction of sp³-hybridized carbons (Fsp3) is 0.440. The number of nitrogens with zero attached hydrogens (tertiary/aromatic N) is 2. The van der Waals surface area contributed by atoms with Crippen LogP contribution in [0.5, 0.6) is 0 Å². The molecule has 2 aliphatic heterocycles. The van der Waals surface area contributed by atoms with Gasteiger partial charge in [-0.2, -0.15) is 0 Å². The van der Waals surface area contributed by atoms with Crippen LogP contribution in [0.2, 0.25) is 0 Å². The Morgan fingerprint density at radius 3 is 2.40 bits per heavy atom. The van der Waals surface area contributed by atoms with Crippen LogP contribution in [-0.4, -0.2) is 42.9 Å². The number of benzene rings is 2. The number of hydrogen-bond acceptors (Lipinski definition) is 3. The molecule has 3 aliphatic rings. The van der Waals surface area contributed by atoms with Gasteiger partial charge in [-0.1, -0.05) is 30.3 Å². The smallest absolute Gasteiger partial charge is 0.255 e. The Kier molecular flexibility index (Phi) is 5.19. The second-order valence-electron chi connectivity index (χ2n) is 8.84. The van der Waals surface area contributed by atoms with Gasteiger partial charge in [-0.3, -0.25) is 9.59 Å². The van der Waals surface area contributed by atoms with Gasteiger partial charge in [0.25, 0.3) is 5.91 Å². The fourth-order valence-electron chi connectivity index (χ4n) is 4.71. The first kappa shape index (κ1) is 19.2. The summed E-state index contributed by atoms with van der Waals surface area (Å²) in [5.41, 5.74) is 3.84. The van der Waals surface area contributed by atoms with Crippen molar-refractivity contribution in [1.29, 1.82) is 0 Å². The second-order valence-corrected chi connectivity index (χ2v) is 8.84. The highest BCUT2D eigenvalue weighted by Gasteiger charge is 2.32. The highest BCUT2D eigenvalue weighted by Crippen LogP contribution is 2.34. The quantitative estimate of drug-likeness (QED) is 0.811. The van der Waals surface area contributed by atoms with Crippen LogP contribution < -0.4 is 10.2 Å². The molecular formula is C25H29N3O2. The zero-order chi connectivity index (χ0) is 20.5. The van der Waals surface area contributed by atoms with E-state index >= 15 is 0 Å². The van der Waals surface area contributed by atoms with Gasteiger partial charge in [-0.25, -0.2) is 0 Å². The third-order valence-corrected chi connectivity index (χ3v) is 6.64. The number of anilines is 2. The second kappa shape index (κ2) is 8.13. The van der Waals surface area contributed by atoms with Crippen LogP contribution in [-0.2, 0) is 4.79 Å². The van der Waals surface area contributed by atoms with Gasteiger partial charge in [-0.15, -0.1) is 0 Å². The average Bonchev–Trinajstić information content (AvgIpc) is 3.27. The van der Waals surface area contributed by atoms with Gasteiger partial charge in [0.15, 0.2) is 0 Å². The van der Waals surface area contributed by atoms with E-state index in [2.05, 4.69) is 34.5 Å². The van der Waals surface area contributed by atoms with E-state index in [0.29, 0.717) is 5.92 Å². The molecular weight excluding hydrogens is 374 g/mol. The molecule has 3 fully saturated rings. The Bertz CT molecular complexity index is 933. The maximum absolute atomic E-state index is 13.5. The highest BCUT2D eigenvalue weighted by molar-refractivity contribution is 6.02. The van der Waals surface area contributed by atoms with E-state index in [1.54, 1.807) is 0 Å². The molecule has 30 heavy (non-hydrogen) atoms. The number of nitrogens with one attached hydrogen (secondary N) is 1. The maximum Gasteiger partial charge on any atom is 0.255 e. The molecule has 156 valence electrons. The number of carbonyl (C=O) groups excluding carboxylic acids is 2. The first-order chi connectivity index (χ1) is 14.7. The van der Waals surface area contributed by atoms with Gasteiger partial charge >= 0.3 is 0 Å². The van der Waals surface area contributed by atoms with Gasteiger partial charge in [-0.05, 0) is 55.9 Å². The summed E-state index contributed by atoms with van der Waals surface area (Å²) in [6.45, 7) is 3.49. The molecule has 5 heteroatoms. The van der Waals surface area contributed by atoms with Crippen LogP contribution in [0, 0.1) is 5.92 Å². The Morgan fingerprint density at radius 2 is 1.67 bits per heavy atom. The Balaban J connectivity index is 1.37. The molecule has 1 saturated carbocycles. The molecule has 2 aromatic rings. The van der Waals surface area contributed by atoms with Crippen LogP contribution in [0.4, 0.5) is 11.4 Å². The van der Waals surface area contributed by atoms with Crippen molar-refractivity contribution in [2.45, 2.75) is 38.0 Å². The SMILES string of the molecule is O=C(Nc1ccc(C(=O)N2CC[C@@H](c3ccccc3)C2)c(N2CCCC2)c1)C1CC1. The van der Waals surface area contributed by atoms with Gasteiger partial charge < -0.3 is 15.1 Å². The molecule has 5 nitrogen and oxygen atoms in total. The molecule has 2 saturated heterocycles. The monoisotopic (exact) mass is 403 g/mol. The predicted octanol–water partition coefficient (Wildman–Crippen LogP) is 4.27. The molecule has 0 bridgehead atoms. The Morgan fingerprint density at radius 1 is 0.900 bits per heavy atom. The molecule has 2 aromatic carbocycles. The van der Waals surface area contributed by atoms with E-state index in [-0.39, 0.29) is 17.7 Å². The van der Waals surface area contributed by atoms with E-state index in [0.717, 1.165) is 75.2 Å². The minimum Gasteiger partial charge on any atom is -0.371 e. The molecule has 2 amide bonds. The first-order valence-corrected chi connectivity index (χ1v) is 11.2. The van der Waals surface area contributed by atoms with Gasteiger partial charge in [0.1, 0.15) is 0 Å². The largest absolute Gasteiger partial charge is 0.371 e. The zero-order valence-corrected chi connectivity index (χ0v) is 17.3. The average molecular weight is 404 g/mol. The molecule has 1 atom stereocenters. The fourth-order valence-corrected chi connectivity index (χ4v) is 4.71. The topological polar surface area (TPSA) is 52.7 Å². The van der Waals surface area contributed by atoms with E-state index in [4.69, 9.17) is 0 Å². The number of likely N-dealkylation sites (tertiary alicyclic amines) is 1. The number of carbonyl (C=O) groups is 2. The highest BCUT2D eigenvalue weighted by atomic mass is 16.2. The lowest BCUT2D eigenvalue weighted by Crippen LogP contribution is -2.31. The molecule has 5 rings (SSSR count). The van der Waals surface area contributed by atoms with Gasteiger partial charge in [0, 0.05) is 43.7 Å². The van der Waals surface area contributed by atoms with Crippen molar-refractivity contribution in [3.63, 3.8) is 0 Å². The van der Waals surface area contributed by atoms with E-state index < -0.39 is 0 Å². The third kappa shape index (κ3) is 3.93. The molecule has 2 heterocycles. The summed E-state index contributed by atoms with van der Waals surface area (Å²) in [6, 6.07) is 16.3. The summed E-state index contributed by atoms with van der Waals surface area (Å²) in [7, 11) is 0. The lowest BCUT2D eigenvalue weighted by molar-refractivity contribution is -0.117. The third-order valence-electron chi connectivity index (χ3n) is 6.64. The summed E-state index contributed by atoms with van der Waals surface area (Å²) >= 11 is 0. The molecule has 1 aliphatic carbocycles. The normalized spacial score (nSPS) is 21.1. The Labute approximate surface area is 178 Å². The maximum atomic E-state index is 13.5. The lowest BCUT2D eigenvalue weighted by atomic mass is 9.99. The summed E-state index contributed by atoms with van der Waals surface area (Å²) in [6.07, 6.45) is 5.26. The van der Waals surface area contributed by atoms with E-state index in [1.807, 2.05) is 29.2 Å². The summed E-state index contributed by atoms with van der Waals surface area (Å²) in [4.78, 5) is 30.0. The molecule has 0 unspecified atom stereocenters. The minimum atomic E-state index is 0.103. The van der Waals surface area contributed by atoms with Crippen molar-refractivity contribution in [2.75, 3.05) is 36.4 Å². The van der Waals surface area contributed by atoms with Crippen LogP contribution >= 0.6 is 0 Å².